The Morgan fingerprint density at radius 3 is 2.41 bits per heavy atom. The Balaban J connectivity index is 1.50. The van der Waals surface area contributed by atoms with Crippen molar-refractivity contribution >= 4 is 39.4 Å². The van der Waals surface area contributed by atoms with Crippen molar-refractivity contribution in [3.63, 3.8) is 0 Å². The number of hydrogen-bond donors (Lipinski definition) is 0. The number of halogens is 3. The highest BCUT2D eigenvalue weighted by atomic mass is 32.2. The first-order valence-corrected chi connectivity index (χ1v) is 17.7. The van der Waals surface area contributed by atoms with Crippen molar-refractivity contribution < 1.29 is 49.6 Å². The van der Waals surface area contributed by atoms with E-state index in [0.29, 0.717) is 43.7 Å². The maximum absolute atomic E-state index is 14.8. The van der Waals surface area contributed by atoms with Crippen LogP contribution in [0.3, 0.4) is 0 Å². The van der Waals surface area contributed by atoms with Gasteiger partial charge in [-0.15, -0.1) is 0 Å². The largest absolute Gasteiger partial charge is 0.534 e. The second-order valence-corrected chi connectivity index (χ2v) is 15.2. The number of fused-ring (bicyclic) bond motifs is 1. The summed E-state index contributed by atoms with van der Waals surface area (Å²) in [6, 6.07) is 10.8. The summed E-state index contributed by atoms with van der Waals surface area (Å²) >= 11 is 0. The minimum Gasteiger partial charge on any atom is -0.444 e. The summed E-state index contributed by atoms with van der Waals surface area (Å²) < 4.78 is 78.0. The number of benzene rings is 2. The fraction of sp³-hybridized carbons (Fsp3) is 0.559. The molecule has 268 valence electrons. The molecule has 2 aliphatic heterocycles. The van der Waals surface area contributed by atoms with Gasteiger partial charge in [-0.2, -0.15) is 21.6 Å². The molecule has 1 aliphatic carbocycles. The number of rotatable bonds is 10. The van der Waals surface area contributed by atoms with E-state index in [1.807, 2.05) is 18.2 Å². The lowest BCUT2D eigenvalue weighted by Crippen LogP contribution is -2.51. The van der Waals surface area contributed by atoms with E-state index < -0.39 is 44.9 Å². The molecular weight excluding hydrogens is 667 g/mol. The van der Waals surface area contributed by atoms with Crippen LogP contribution in [-0.4, -0.2) is 81.7 Å². The first-order valence-electron chi connectivity index (χ1n) is 16.3. The molecule has 3 aliphatic rings. The molecule has 49 heavy (non-hydrogen) atoms. The summed E-state index contributed by atoms with van der Waals surface area (Å²) in [5.74, 6) is -2.33. The van der Waals surface area contributed by atoms with Gasteiger partial charge in [-0.3, -0.25) is 9.59 Å². The third-order valence-corrected chi connectivity index (χ3v) is 9.76. The van der Waals surface area contributed by atoms with Crippen molar-refractivity contribution in [2.45, 2.75) is 82.4 Å². The quantitative estimate of drug-likeness (QED) is 0.173. The summed E-state index contributed by atoms with van der Waals surface area (Å²) in [6.07, 6.45) is 2.71. The molecule has 0 N–H and O–H groups in total. The zero-order valence-electron chi connectivity index (χ0n) is 28.0. The Morgan fingerprint density at radius 1 is 1.02 bits per heavy atom. The molecule has 2 fully saturated rings. The van der Waals surface area contributed by atoms with Gasteiger partial charge in [0.2, 0.25) is 11.8 Å². The van der Waals surface area contributed by atoms with Gasteiger partial charge in [-0.1, -0.05) is 18.2 Å². The third-order valence-electron chi connectivity index (χ3n) is 8.78. The van der Waals surface area contributed by atoms with Crippen LogP contribution in [0.5, 0.6) is 5.75 Å². The highest BCUT2D eigenvalue weighted by molar-refractivity contribution is 7.88. The highest BCUT2D eigenvalue weighted by Gasteiger charge is 2.49. The topological polar surface area (TPSA) is 123 Å². The maximum atomic E-state index is 14.8. The maximum Gasteiger partial charge on any atom is 0.534 e. The minimum absolute atomic E-state index is 0.0139. The second kappa shape index (κ2) is 14.2. The average Bonchev–Trinajstić information content (AvgIpc) is 3.86. The lowest BCUT2D eigenvalue weighted by atomic mass is 9.79. The van der Waals surface area contributed by atoms with Crippen molar-refractivity contribution in [3.8, 4) is 5.75 Å². The SMILES string of the molecule is COCCCN1C(=O)CCc2ccc(N(C(=O)[C@H]3CN(C(=O)OC(C)(C)C)CC[C@@H]3c3cccc(OS(=O)(=O)C(F)(F)F)c3)C3CC3)cc21. The van der Waals surface area contributed by atoms with Crippen LogP contribution >= 0.6 is 0 Å². The Labute approximate surface area is 284 Å². The summed E-state index contributed by atoms with van der Waals surface area (Å²) in [4.78, 5) is 45.8. The van der Waals surface area contributed by atoms with E-state index in [9.17, 15) is 36.0 Å². The Bertz CT molecular complexity index is 1670. The lowest BCUT2D eigenvalue weighted by molar-refractivity contribution is -0.124. The van der Waals surface area contributed by atoms with Gasteiger partial charge in [-0.05, 0) is 94.2 Å². The van der Waals surface area contributed by atoms with Crippen LogP contribution in [-0.2, 0) is 35.6 Å². The highest BCUT2D eigenvalue weighted by Crippen LogP contribution is 2.42. The molecule has 0 radical (unpaired) electrons. The van der Waals surface area contributed by atoms with Crippen molar-refractivity contribution in [1.29, 1.82) is 0 Å². The molecule has 2 aromatic rings. The van der Waals surface area contributed by atoms with Crippen LogP contribution in [0.2, 0.25) is 0 Å². The third kappa shape index (κ3) is 8.48. The number of anilines is 2. The summed E-state index contributed by atoms with van der Waals surface area (Å²) in [5, 5.41) is 0. The monoisotopic (exact) mass is 709 g/mol. The number of carbonyl (C=O) groups is 3. The smallest absolute Gasteiger partial charge is 0.444 e. The van der Waals surface area contributed by atoms with E-state index in [4.69, 9.17) is 9.47 Å². The van der Waals surface area contributed by atoms with E-state index in [-0.39, 0.29) is 37.4 Å². The fourth-order valence-electron chi connectivity index (χ4n) is 6.38. The molecule has 2 aromatic carbocycles. The molecule has 11 nitrogen and oxygen atoms in total. The van der Waals surface area contributed by atoms with Gasteiger partial charge in [0.25, 0.3) is 0 Å². The number of ether oxygens (including phenoxy) is 2. The van der Waals surface area contributed by atoms with Crippen LogP contribution in [0.15, 0.2) is 42.5 Å². The van der Waals surface area contributed by atoms with Gasteiger partial charge in [0.1, 0.15) is 11.4 Å². The van der Waals surface area contributed by atoms with E-state index in [0.717, 1.165) is 30.2 Å². The molecule has 2 atom stereocenters. The molecule has 0 aromatic heterocycles. The molecule has 1 saturated carbocycles. The molecule has 3 amide bonds. The molecule has 0 bridgehead atoms. The van der Waals surface area contributed by atoms with Gasteiger partial charge >= 0.3 is 21.7 Å². The summed E-state index contributed by atoms with van der Waals surface area (Å²) in [7, 11) is -4.32. The Kier molecular flexibility index (Phi) is 10.5. The van der Waals surface area contributed by atoms with Crippen molar-refractivity contribution in [2.75, 3.05) is 43.2 Å². The van der Waals surface area contributed by atoms with Crippen LogP contribution in [0.1, 0.15) is 69.9 Å². The molecule has 2 heterocycles. The number of amides is 3. The number of methoxy groups -OCH3 is 1. The van der Waals surface area contributed by atoms with Crippen molar-refractivity contribution in [2.24, 2.45) is 5.92 Å². The predicted octanol–water partition coefficient (Wildman–Crippen LogP) is 5.77. The second-order valence-electron chi connectivity index (χ2n) is 13.6. The Morgan fingerprint density at radius 2 is 1.76 bits per heavy atom. The number of hydrogen-bond acceptors (Lipinski definition) is 8. The summed E-state index contributed by atoms with van der Waals surface area (Å²) in [5.41, 5.74) is -3.70. The van der Waals surface area contributed by atoms with Gasteiger partial charge in [0.15, 0.2) is 0 Å². The molecule has 5 rings (SSSR count). The van der Waals surface area contributed by atoms with Crippen LogP contribution in [0.4, 0.5) is 29.3 Å². The van der Waals surface area contributed by atoms with E-state index in [1.165, 1.54) is 17.0 Å². The zero-order valence-corrected chi connectivity index (χ0v) is 28.8. The lowest BCUT2D eigenvalue weighted by Gasteiger charge is -2.41. The van der Waals surface area contributed by atoms with Crippen LogP contribution in [0.25, 0.3) is 0 Å². The van der Waals surface area contributed by atoms with Crippen molar-refractivity contribution in [3.05, 3.63) is 53.6 Å². The van der Waals surface area contributed by atoms with Crippen LogP contribution < -0.4 is 14.0 Å². The molecule has 15 heteroatoms. The number of likely N-dealkylation sites (tertiary alicyclic amines) is 1. The average molecular weight is 710 g/mol. The van der Waals surface area contributed by atoms with E-state index in [1.54, 1.807) is 43.7 Å². The van der Waals surface area contributed by atoms with Crippen molar-refractivity contribution in [1.82, 2.24) is 4.90 Å². The molecule has 1 saturated heterocycles. The zero-order chi connectivity index (χ0) is 35.7. The Hall–Kier alpha value is -3.85. The number of nitrogens with zero attached hydrogens (tertiary/aromatic N) is 3. The first-order chi connectivity index (χ1) is 23.0. The predicted molar refractivity (Wildman–Crippen MR) is 175 cm³/mol. The molecule has 0 spiro atoms. The number of alkyl halides is 3. The summed E-state index contributed by atoms with van der Waals surface area (Å²) in [6.45, 7) is 6.28. The van der Waals surface area contributed by atoms with Crippen LogP contribution in [0, 0.1) is 5.92 Å². The first kappa shape index (κ1) is 36.4. The van der Waals surface area contributed by atoms with Gasteiger partial charge in [0, 0.05) is 57.2 Å². The normalized spacial score (nSPS) is 20.1. The van der Waals surface area contributed by atoms with E-state index in [2.05, 4.69) is 4.18 Å². The minimum atomic E-state index is -5.92. The molecule has 0 unspecified atom stereocenters. The van der Waals surface area contributed by atoms with E-state index >= 15 is 0 Å². The standard InChI is InChI=1S/C34H42F3N3O8S/c1-33(2,3)47-32(43)38-17-15-27(23-7-5-8-26(19-23)48-49(44,45)34(35,36)37)28(21-38)31(42)40(24-12-13-24)25-11-9-22-10-14-30(41)39(29(22)20-25)16-6-18-46-4/h5,7-9,11,19-20,24,27-28H,6,10,12-18,21H2,1-4H3/t27-,28+/m1/s1. The molecular formula is C34H42F3N3O8S. The number of piperidine rings is 1. The number of aryl methyl sites for hydroxylation is 1. The van der Waals surface area contributed by atoms with Gasteiger partial charge in [-0.25, -0.2) is 4.79 Å². The van der Waals surface area contributed by atoms with Gasteiger partial charge in [0.05, 0.1) is 5.92 Å². The fourth-order valence-corrected chi connectivity index (χ4v) is 6.83. The van der Waals surface area contributed by atoms with Gasteiger partial charge < -0.3 is 28.4 Å². The number of carbonyl (C=O) groups excluding carboxylic acids is 3.